The second-order valence-corrected chi connectivity index (χ2v) is 10.6. The number of pyridine rings is 1. The highest BCUT2D eigenvalue weighted by molar-refractivity contribution is 6.07. The molecule has 2 heterocycles. The van der Waals surface area contributed by atoms with E-state index in [0.717, 1.165) is 12.8 Å². The molecule has 0 radical (unpaired) electrons. The summed E-state index contributed by atoms with van der Waals surface area (Å²) < 4.78 is 5.09. The van der Waals surface area contributed by atoms with Crippen molar-refractivity contribution in [2.45, 2.75) is 77.4 Å². The fraction of sp³-hybridized carbons (Fsp3) is 0.607. The third-order valence-corrected chi connectivity index (χ3v) is 6.65. The van der Waals surface area contributed by atoms with Crippen LogP contribution >= 0.6 is 0 Å². The first kappa shape index (κ1) is 34.0. The predicted molar refractivity (Wildman–Crippen MR) is 151 cm³/mol. The van der Waals surface area contributed by atoms with Crippen LogP contribution in [-0.4, -0.2) is 83.9 Å². The molecule has 1 aliphatic rings. The van der Waals surface area contributed by atoms with Gasteiger partial charge in [-0.3, -0.25) is 24.0 Å². The van der Waals surface area contributed by atoms with E-state index in [1.807, 2.05) is 20.8 Å². The van der Waals surface area contributed by atoms with Gasteiger partial charge in [0.25, 0.3) is 0 Å². The Morgan fingerprint density at radius 3 is 2.36 bits per heavy atom. The lowest BCUT2D eigenvalue weighted by Crippen LogP contribution is -2.57. The summed E-state index contributed by atoms with van der Waals surface area (Å²) >= 11 is 0. The molecule has 0 aliphatic carbocycles. The summed E-state index contributed by atoms with van der Waals surface area (Å²) in [5.74, 6) is -3.83. The number of carboxylic acid groups (broad SMARTS) is 1. The minimum absolute atomic E-state index is 0.0842. The van der Waals surface area contributed by atoms with Crippen LogP contribution in [0.15, 0.2) is 18.2 Å². The van der Waals surface area contributed by atoms with Crippen molar-refractivity contribution in [3.05, 3.63) is 23.9 Å². The van der Waals surface area contributed by atoms with Crippen LogP contribution in [0.25, 0.3) is 0 Å². The maximum Gasteiger partial charge on any atom is 0.405 e. The average Bonchev–Trinajstić information content (AvgIpc) is 3.36. The molecule has 0 unspecified atom stereocenters. The lowest BCUT2D eigenvalue weighted by molar-refractivity contribution is -0.138. The van der Waals surface area contributed by atoms with E-state index in [1.54, 1.807) is 18.2 Å². The summed E-state index contributed by atoms with van der Waals surface area (Å²) in [7, 11) is 1.42. The number of amides is 5. The normalized spacial score (nSPS) is 16.5. The smallest absolute Gasteiger partial charge is 0.405 e. The van der Waals surface area contributed by atoms with Crippen molar-refractivity contribution in [2.24, 2.45) is 11.8 Å². The molecular formula is C28H42N6O8. The van der Waals surface area contributed by atoms with Crippen LogP contribution in [0.1, 0.15) is 58.6 Å². The number of hydrogen-bond acceptors (Lipinski definition) is 8. The number of ether oxygens (including phenoxy) is 1. The first-order valence-corrected chi connectivity index (χ1v) is 14.1. The molecule has 14 heteroatoms. The first-order chi connectivity index (χ1) is 19.9. The molecule has 232 valence electrons. The topological polar surface area (TPSA) is 205 Å². The number of carbonyl (C=O) groups is 6. The minimum Gasteiger partial charge on any atom is -0.481 e. The van der Waals surface area contributed by atoms with E-state index in [9.17, 15) is 33.9 Å². The van der Waals surface area contributed by atoms with Crippen molar-refractivity contribution in [1.82, 2.24) is 31.6 Å². The average molecular weight is 591 g/mol. The van der Waals surface area contributed by atoms with Gasteiger partial charge in [-0.15, -0.1) is 0 Å². The van der Waals surface area contributed by atoms with Gasteiger partial charge in [-0.05, 0) is 31.2 Å². The Kier molecular flexibility index (Phi) is 13.7. The molecule has 0 bridgehead atoms. The minimum atomic E-state index is -1.45. The van der Waals surface area contributed by atoms with E-state index in [2.05, 4.69) is 31.6 Å². The standard InChI is InChI=1S/C28H42N6O8/c1-5-6-11-29-22(35)15-19(24(36)18-10-12-30-25(18)37)32-26(38)20(13-16(2)3)33-27(39)21(34-28(40)41)14-17-8-7-9-23(31-17)42-4/h7-9,16,18-21,34H,5-6,10-15H2,1-4H3,(H,29,35)(H,30,37)(H,32,38)(H,33,39)(H,40,41)/t18-,19-,20-,21-/m0/s1. The maximum atomic E-state index is 13.5. The van der Waals surface area contributed by atoms with E-state index >= 15 is 0 Å². The van der Waals surface area contributed by atoms with Crippen LogP contribution in [0.4, 0.5) is 4.79 Å². The summed E-state index contributed by atoms with van der Waals surface area (Å²) in [6, 6.07) is 1.09. The van der Waals surface area contributed by atoms with Gasteiger partial charge in [0.15, 0.2) is 5.78 Å². The van der Waals surface area contributed by atoms with E-state index in [4.69, 9.17) is 4.74 Å². The Labute approximate surface area is 245 Å². The fourth-order valence-electron chi connectivity index (χ4n) is 4.49. The first-order valence-electron chi connectivity index (χ1n) is 14.1. The molecule has 6 N–H and O–H groups in total. The van der Waals surface area contributed by atoms with Crippen LogP contribution < -0.4 is 31.3 Å². The summed E-state index contributed by atoms with van der Waals surface area (Å²) in [5, 5.41) is 22.0. The van der Waals surface area contributed by atoms with E-state index in [1.165, 1.54) is 7.11 Å². The number of hydrogen-bond donors (Lipinski definition) is 6. The van der Waals surface area contributed by atoms with Gasteiger partial charge in [-0.2, -0.15) is 0 Å². The zero-order valence-electron chi connectivity index (χ0n) is 24.5. The van der Waals surface area contributed by atoms with Crippen molar-refractivity contribution in [2.75, 3.05) is 20.2 Å². The van der Waals surface area contributed by atoms with Crippen molar-refractivity contribution >= 4 is 35.5 Å². The van der Waals surface area contributed by atoms with E-state index in [-0.39, 0.29) is 37.5 Å². The van der Waals surface area contributed by atoms with Crippen LogP contribution in [-0.2, 0) is 30.4 Å². The molecule has 5 amide bonds. The lowest BCUT2D eigenvalue weighted by atomic mass is 9.93. The summed E-state index contributed by atoms with van der Waals surface area (Å²) in [5.41, 5.74) is 0.377. The van der Waals surface area contributed by atoms with Gasteiger partial charge in [0, 0.05) is 31.3 Å². The summed E-state index contributed by atoms with van der Waals surface area (Å²) in [6.45, 7) is 6.33. The summed E-state index contributed by atoms with van der Waals surface area (Å²) in [6.07, 6.45) is 0.0472. The zero-order valence-corrected chi connectivity index (χ0v) is 24.5. The number of nitrogens with zero attached hydrogens (tertiary/aromatic N) is 1. The van der Waals surface area contributed by atoms with Crippen molar-refractivity contribution in [3.63, 3.8) is 0 Å². The van der Waals surface area contributed by atoms with Crippen LogP contribution in [0.5, 0.6) is 5.88 Å². The molecule has 42 heavy (non-hydrogen) atoms. The second-order valence-electron chi connectivity index (χ2n) is 10.6. The van der Waals surface area contributed by atoms with Crippen LogP contribution in [0.3, 0.4) is 0 Å². The Hall–Kier alpha value is -4.23. The number of ketones is 1. The number of carbonyl (C=O) groups excluding carboxylic acids is 5. The number of nitrogens with one attached hydrogen (secondary N) is 5. The third kappa shape index (κ3) is 11.0. The Balaban J connectivity index is 2.24. The highest BCUT2D eigenvalue weighted by Crippen LogP contribution is 2.16. The SMILES string of the molecule is CCCCNC(=O)C[C@H](NC(=O)[C@H](CC(C)C)NC(=O)[C@H](Cc1cccc(OC)n1)NC(=O)O)C(=O)[C@@H]1CCNC1=O. The molecule has 1 aromatic heterocycles. The van der Waals surface area contributed by atoms with Gasteiger partial charge in [0.05, 0.1) is 19.6 Å². The highest BCUT2D eigenvalue weighted by Gasteiger charge is 2.38. The van der Waals surface area contributed by atoms with Crippen molar-refractivity contribution < 1.29 is 38.6 Å². The second kappa shape index (κ2) is 16.9. The third-order valence-electron chi connectivity index (χ3n) is 6.65. The molecule has 2 rings (SSSR count). The molecule has 0 aromatic carbocycles. The van der Waals surface area contributed by atoms with Crippen LogP contribution in [0, 0.1) is 11.8 Å². The lowest BCUT2D eigenvalue weighted by Gasteiger charge is -2.26. The molecule has 1 saturated heterocycles. The molecule has 0 saturated carbocycles. The van der Waals surface area contributed by atoms with Crippen molar-refractivity contribution in [1.29, 1.82) is 0 Å². The number of unbranched alkanes of at least 4 members (excludes halogenated alkanes) is 1. The molecule has 14 nitrogen and oxygen atoms in total. The van der Waals surface area contributed by atoms with Crippen molar-refractivity contribution in [3.8, 4) is 5.88 Å². The largest absolute Gasteiger partial charge is 0.481 e. The monoisotopic (exact) mass is 590 g/mol. The number of Topliss-reactive ketones (excluding diaryl/α,β-unsaturated/α-hetero) is 1. The molecule has 1 fully saturated rings. The zero-order chi connectivity index (χ0) is 31.2. The molecule has 1 aliphatic heterocycles. The van der Waals surface area contributed by atoms with Gasteiger partial charge < -0.3 is 36.4 Å². The van der Waals surface area contributed by atoms with Gasteiger partial charge >= 0.3 is 6.09 Å². The quantitative estimate of drug-likeness (QED) is 0.109. The molecule has 4 atom stereocenters. The van der Waals surface area contributed by atoms with Gasteiger partial charge in [0.1, 0.15) is 18.0 Å². The number of methoxy groups -OCH3 is 1. The fourth-order valence-corrected chi connectivity index (χ4v) is 4.49. The molecule has 0 spiro atoms. The van der Waals surface area contributed by atoms with Crippen LogP contribution in [0.2, 0.25) is 0 Å². The molecular weight excluding hydrogens is 548 g/mol. The Morgan fingerprint density at radius 1 is 1.07 bits per heavy atom. The van der Waals surface area contributed by atoms with Gasteiger partial charge in [-0.25, -0.2) is 9.78 Å². The molecule has 1 aromatic rings. The van der Waals surface area contributed by atoms with E-state index in [0.29, 0.717) is 18.8 Å². The Bertz CT molecular complexity index is 1130. The van der Waals surface area contributed by atoms with E-state index < -0.39 is 59.5 Å². The predicted octanol–water partition coefficient (Wildman–Crippen LogP) is 0.296. The Morgan fingerprint density at radius 2 is 1.76 bits per heavy atom. The van der Waals surface area contributed by atoms with Gasteiger partial charge in [0.2, 0.25) is 29.5 Å². The summed E-state index contributed by atoms with van der Waals surface area (Å²) in [4.78, 5) is 80.5. The highest BCUT2D eigenvalue weighted by atomic mass is 16.5. The van der Waals surface area contributed by atoms with Gasteiger partial charge in [-0.1, -0.05) is 33.3 Å². The maximum absolute atomic E-state index is 13.5. The number of rotatable bonds is 17. The number of aromatic nitrogens is 1.